The van der Waals surface area contributed by atoms with Gasteiger partial charge in [-0.15, -0.1) is 0 Å². The van der Waals surface area contributed by atoms with Crippen LogP contribution in [0.15, 0.2) is 17.1 Å². The molecular weight excluding hydrogens is 248 g/mol. The first-order valence-electron chi connectivity index (χ1n) is 6.53. The lowest BCUT2D eigenvalue weighted by molar-refractivity contribution is 0.153. The van der Waals surface area contributed by atoms with Gasteiger partial charge in [0, 0.05) is 37.4 Å². The average Bonchev–Trinajstić information content (AvgIpc) is 3.18. The molecule has 1 aliphatic carbocycles. The molecule has 1 saturated carbocycles. The van der Waals surface area contributed by atoms with Gasteiger partial charge in [0.1, 0.15) is 0 Å². The Morgan fingerprint density at radius 2 is 1.89 bits per heavy atom. The van der Waals surface area contributed by atoms with Crippen LogP contribution in [-0.2, 0) is 6.54 Å². The van der Waals surface area contributed by atoms with Crippen molar-refractivity contribution in [2.45, 2.75) is 25.4 Å². The van der Waals surface area contributed by atoms with Gasteiger partial charge in [0.15, 0.2) is 5.75 Å². The minimum absolute atomic E-state index is 0.00570. The summed E-state index contributed by atoms with van der Waals surface area (Å²) in [4.78, 5) is 13.4. The van der Waals surface area contributed by atoms with Gasteiger partial charge in [0.2, 0.25) is 5.43 Å². The molecule has 0 unspecified atom stereocenters. The lowest BCUT2D eigenvalue weighted by Gasteiger charge is -2.22. The maximum atomic E-state index is 11.6. The maximum absolute atomic E-state index is 11.6. The summed E-state index contributed by atoms with van der Waals surface area (Å²) < 4.78 is 1.93. The second-order valence-corrected chi connectivity index (χ2v) is 4.88. The van der Waals surface area contributed by atoms with Crippen LogP contribution >= 0.6 is 0 Å². The molecule has 0 amide bonds. The normalized spacial score (nSPS) is 15.1. The molecule has 2 rings (SSSR count). The Balaban J connectivity index is 2.21. The Kier molecular flexibility index (Phi) is 4.57. The molecule has 0 aromatic carbocycles. The van der Waals surface area contributed by atoms with Gasteiger partial charge in [-0.25, -0.2) is 0 Å². The monoisotopic (exact) mass is 268 g/mol. The van der Waals surface area contributed by atoms with Crippen molar-refractivity contribution in [2.75, 3.05) is 26.3 Å². The molecule has 0 saturated heterocycles. The summed E-state index contributed by atoms with van der Waals surface area (Å²) >= 11 is 0. The molecule has 1 aromatic heterocycles. The molecular formula is C13H20N2O4. The Labute approximate surface area is 111 Å². The molecule has 0 bridgehead atoms. The first-order valence-corrected chi connectivity index (χ1v) is 6.53. The molecule has 6 nitrogen and oxygen atoms in total. The number of aliphatic hydroxyl groups is 2. The predicted octanol–water partition coefficient (Wildman–Crippen LogP) is -0.325. The number of nitrogens with zero attached hydrogens (tertiary/aromatic N) is 2. The van der Waals surface area contributed by atoms with Gasteiger partial charge in [-0.05, 0) is 12.8 Å². The molecule has 0 radical (unpaired) electrons. The standard InChI is InChI=1S/C13H20N2O4/c16-5-3-14(4-6-17)8-11-7-12(18)13(19)9-15(11)10-1-2-10/h7,9-10,16-17,19H,1-6,8H2. The number of hydrogen-bond donors (Lipinski definition) is 3. The third-order valence-corrected chi connectivity index (χ3v) is 3.30. The molecule has 0 spiro atoms. The summed E-state index contributed by atoms with van der Waals surface area (Å²) in [5, 5.41) is 27.5. The van der Waals surface area contributed by atoms with E-state index in [9.17, 15) is 9.90 Å². The maximum Gasteiger partial charge on any atom is 0.223 e. The van der Waals surface area contributed by atoms with Crippen LogP contribution in [0.2, 0.25) is 0 Å². The molecule has 0 atom stereocenters. The van der Waals surface area contributed by atoms with E-state index in [1.165, 1.54) is 12.3 Å². The van der Waals surface area contributed by atoms with Crippen molar-refractivity contribution >= 4 is 0 Å². The van der Waals surface area contributed by atoms with Gasteiger partial charge in [0.25, 0.3) is 0 Å². The summed E-state index contributed by atoms with van der Waals surface area (Å²) in [5.41, 5.74) is 0.423. The fourth-order valence-corrected chi connectivity index (χ4v) is 2.18. The molecule has 1 fully saturated rings. The number of aliphatic hydroxyl groups excluding tert-OH is 2. The highest BCUT2D eigenvalue weighted by Crippen LogP contribution is 2.36. The van der Waals surface area contributed by atoms with Crippen LogP contribution in [0.1, 0.15) is 24.6 Å². The largest absolute Gasteiger partial charge is 0.503 e. The van der Waals surface area contributed by atoms with Crippen LogP contribution in [0.4, 0.5) is 0 Å². The minimum Gasteiger partial charge on any atom is -0.503 e. The van der Waals surface area contributed by atoms with Crippen molar-refractivity contribution in [1.82, 2.24) is 9.47 Å². The van der Waals surface area contributed by atoms with Crippen LogP contribution in [0, 0.1) is 0 Å². The molecule has 3 N–H and O–H groups in total. The highest BCUT2D eigenvalue weighted by atomic mass is 16.3. The first-order chi connectivity index (χ1) is 9.15. The second kappa shape index (κ2) is 6.18. The highest BCUT2D eigenvalue weighted by molar-refractivity contribution is 5.22. The summed E-state index contributed by atoms with van der Waals surface area (Å²) in [6, 6.07) is 1.79. The fourth-order valence-electron chi connectivity index (χ4n) is 2.18. The summed E-state index contributed by atoms with van der Waals surface area (Å²) in [7, 11) is 0. The quantitative estimate of drug-likeness (QED) is 0.631. The third kappa shape index (κ3) is 3.56. The fraction of sp³-hybridized carbons (Fsp3) is 0.615. The lowest BCUT2D eigenvalue weighted by Crippen LogP contribution is -2.31. The highest BCUT2D eigenvalue weighted by Gasteiger charge is 2.26. The summed E-state index contributed by atoms with van der Waals surface area (Å²) in [5.74, 6) is -0.230. The second-order valence-electron chi connectivity index (χ2n) is 4.88. The van der Waals surface area contributed by atoms with Gasteiger partial charge in [0.05, 0.1) is 19.4 Å². The Morgan fingerprint density at radius 3 is 2.42 bits per heavy atom. The number of aromatic hydroxyl groups is 1. The van der Waals surface area contributed by atoms with E-state index in [2.05, 4.69) is 0 Å². The molecule has 19 heavy (non-hydrogen) atoms. The number of aromatic nitrogens is 1. The van der Waals surface area contributed by atoms with Gasteiger partial charge in [-0.3, -0.25) is 9.69 Å². The van der Waals surface area contributed by atoms with Crippen LogP contribution in [0.5, 0.6) is 5.75 Å². The zero-order chi connectivity index (χ0) is 13.8. The van der Waals surface area contributed by atoms with Crippen molar-refractivity contribution in [3.05, 3.63) is 28.2 Å². The van der Waals surface area contributed by atoms with Crippen LogP contribution in [0.3, 0.4) is 0 Å². The molecule has 1 aromatic rings. The van der Waals surface area contributed by atoms with Crippen molar-refractivity contribution in [3.63, 3.8) is 0 Å². The molecule has 1 heterocycles. The number of hydrogen-bond acceptors (Lipinski definition) is 5. The molecule has 106 valence electrons. The van der Waals surface area contributed by atoms with Gasteiger partial charge >= 0.3 is 0 Å². The van der Waals surface area contributed by atoms with E-state index >= 15 is 0 Å². The van der Waals surface area contributed by atoms with Crippen LogP contribution in [-0.4, -0.2) is 51.1 Å². The average molecular weight is 268 g/mol. The number of pyridine rings is 1. The molecule has 0 aliphatic heterocycles. The lowest BCUT2D eigenvalue weighted by atomic mass is 10.2. The minimum atomic E-state index is -0.389. The zero-order valence-corrected chi connectivity index (χ0v) is 10.8. The molecule has 1 aliphatic rings. The van der Waals surface area contributed by atoms with Gasteiger partial charge in [-0.2, -0.15) is 0 Å². The van der Waals surface area contributed by atoms with Crippen LogP contribution in [0.25, 0.3) is 0 Å². The van der Waals surface area contributed by atoms with E-state index in [0.29, 0.717) is 25.7 Å². The van der Waals surface area contributed by atoms with Crippen molar-refractivity contribution in [3.8, 4) is 5.75 Å². The zero-order valence-electron chi connectivity index (χ0n) is 10.8. The van der Waals surface area contributed by atoms with Gasteiger partial charge < -0.3 is 19.9 Å². The van der Waals surface area contributed by atoms with E-state index < -0.39 is 0 Å². The SMILES string of the molecule is O=c1cc(CN(CCO)CCO)n(C2CC2)cc1O. The van der Waals surface area contributed by atoms with Crippen molar-refractivity contribution in [2.24, 2.45) is 0 Å². The van der Waals surface area contributed by atoms with E-state index in [4.69, 9.17) is 10.2 Å². The summed E-state index contributed by atoms with van der Waals surface area (Å²) in [6.45, 7) is 1.38. The first kappa shape index (κ1) is 14.0. The van der Waals surface area contributed by atoms with E-state index in [1.807, 2.05) is 9.47 Å². The van der Waals surface area contributed by atoms with Gasteiger partial charge in [-0.1, -0.05) is 0 Å². The van der Waals surface area contributed by atoms with E-state index in [1.54, 1.807) is 0 Å². The Morgan fingerprint density at radius 1 is 1.26 bits per heavy atom. The Bertz CT molecular complexity index is 476. The molecule has 6 heteroatoms. The predicted molar refractivity (Wildman–Crippen MR) is 70.1 cm³/mol. The smallest absolute Gasteiger partial charge is 0.223 e. The van der Waals surface area contributed by atoms with Crippen molar-refractivity contribution in [1.29, 1.82) is 0 Å². The topological polar surface area (TPSA) is 85.9 Å². The van der Waals surface area contributed by atoms with E-state index in [-0.39, 0.29) is 24.4 Å². The van der Waals surface area contributed by atoms with Crippen molar-refractivity contribution < 1.29 is 15.3 Å². The number of rotatable bonds is 7. The summed E-state index contributed by atoms with van der Waals surface area (Å²) in [6.07, 6.45) is 3.59. The Hall–Kier alpha value is -1.37. The van der Waals surface area contributed by atoms with E-state index in [0.717, 1.165) is 18.5 Å². The van der Waals surface area contributed by atoms with Crippen LogP contribution < -0.4 is 5.43 Å². The third-order valence-electron chi connectivity index (χ3n) is 3.30.